The molecule has 5 heteroatoms. The minimum absolute atomic E-state index is 0.0484. The van der Waals surface area contributed by atoms with E-state index in [1.165, 1.54) is 5.69 Å². The first kappa shape index (κ1) is 17.5. The molecule has 3 aromatic rings. The second-order valence-electron chi connectivity index (χ2n) is 6.94. The van der Waals surface area contributed by atoms with Gasteiger partial charge in [-0.2, -0.15) is 0 Å². The van der Waals surface area contributed by atoms with Crippen LogP contribution in [0.1, 0.15) is 34.8 Å². The number of aromatic amines is 1. The number of amides is 1. The maximum absolute atomic E-state index is 12.9. The number of rotatable bonds is 4. The zero-order chi connectivity index (χ0) is 18.8. The number of methoxy groups -OCH3 is 2. The average molecular weight is 364 g/mol. The lowest BCUT2D eigenvalue weighted by molar-refractivity contribution is 0.0709. The van der Waals surface area contributed by atoms with Gasteiger partial charge in [-0.25, -0.2) is 0 Å². The fourth-order valence-electron chi connectivity index (χ4n) is 3.87. The molecule has 1 aliphatic rings. The summed E-state index contributed by atoms with van der Waals surface area (Å²) in [4.78, 5) is 18.3. The number of carbonyl (C=O) groups excluding carboxylic acids is 1. The Labute approximate surface area is 158 Å². The van der Waals surface area contributed by atoms with Gasteiger partial charge in [-0.15, -0.1) is 0 Å². The molecule has 0 radical (unpaired) electrons. The highest BCUT2D eigenvalue weighted by molar-refractivity contribution is 5.97. The molecule has 0 bridgehead atoms. The number of para-hydroxylation sites is 1. The molecule has 27 heavy (non-hydrogen) atoms. The van der Waals surface area contributed by atoms with Crippen molar-refractivity contribution < 1.29 is 14.3 Å². The Morgan fingerprint density at radius 2 is 1.81 bits per heavy atom. The molecule has 1 aliphatic heterocycles. The molecule has 2 aromatic carbocycles. The second-order valence-corrected chi connectivity index (χ2v) is 6.94. The van der Waals surface area contributed by atoms with Crippen LogP contribution >= 0.6 is 0 Å². The molecular weight excluding hydrogens is 340 g/mol. The van der Waals surface area contributed by atoms with Gasteiger partial charge in [-0.05, 0) is 49.2 Å². The number of aromatic nitrogens is 1. The van der Waals surface area contributed by atoms with Gasteiger partial charge in [0.05, 0.1) is 19.8 Å². The SMILES string of the molecule is COc1ccc2[nH]c(C3CCN(C(=O)c4ccccc4OC)CC3)cc2c1. The van der Waals surface area contributed by atoms with Crippen LogP contribution in [0.2, 0.25) is 0 Å². The van der Waals surface area contributed by atoms with Gasteiger partial charge in [-0.3, -0.25) is 4.79 Å². The van der Waals surface area contributed by atoms with Crippen molar-refractivity contribution >= 4 is 16.8 Å². The first-order valence-electron chi connectivity index (χ1n) is 9.28. The summed E-state index contributed by atoms with van der Waals surface area (Å²) in [5.74, 6) is 1.98. The van der Waals surface area contributed by atoms with E-state index in [0.717, 1.165) is 42.6 Å². The Balaban J connectivity index is 1.46. The lowest BCUT2D eigenvalue weighted by Gasteiger charge is -2.32. The van der Waals surface area contributed by atoms with Crippen LogP contribution in [0.5, 0.6) is 11.5 Å². The number of carbonyl (C=O) groups is 1. The van der Waals surface area contributed by atoms with E-state index in [1.807, 2.05) is 35.2 Å². The molecule has 0 aliphatic carbocycles. The molecule has 0 spiro atoms. The Hall–Kier alpha value is -2.95. The Morgan fingerprint density at radius 3 is 2.56 bits per heavy atom. The molecule has 140 valence electrons. The summed E-state index contributed by atoms with van der Waals surface area (Å²) in [6, 6.07) is 15.7. The van der Waals surface area contributed by atoms with Crippen molar-refractivity contribution in [1.29, 1.82) is 0 Å². The van der Waals surface area contributed by atoms with Gasteiger partial charge in [0.25, 0.3) is 5.91 Å². The number of piperidine rings is 1. The van der Waals surface area contributed by atoms with Crippen molar-refractivity contribution in [3.8, 4) is 11.5 Å². The lowest BCUT2D eigenvalue weighted by atomic mass is 9.93. The van der Waals surface area contributed by atoms with E-state index in [2.05, 4.69) is 23.2 Å². The smallest absolute Gasteiger partial charge is 0.257 e. The summed E-state index contributed by atoms with van der Waals surface area (Å²) in [6.07, 6.45) is 1.90. The molecule has 1 fully saturated rings. The molecule has 5 nitrogen and oxygen atoms in total. The Bertz CT molecular complexity index is 955. The van der Waals surface area contributed by atoms with Gasteiger partial charge in [0, 0.05) is 35.6 Å². The number of hydrogen-bond acceptors (Lipinski definition) is 3. The van der Waals surface area contributed by atoms with Crippen LogP contribution in [0.25, 0.3) is 10.9 Å². The second kappa shape index (κ2) is 7.35. The fourth-order valence-corrected chi connectivity index (χ4v) is 3.87. The molecule has 2 heterocycles. The van der Waals surface area contributed by atoms with Crippen molar-refractivity contribution in [2.45, 2.75) is 18.8 Å². The topological polar surface area (TPSA) is 54.6 Å². The van der Waals surface area contributed by atoms with Crippen LogP contribution in [0.15, 0.2) is 48.5 Å². The van der Waals surface area contributed by atoms with Crippen LogP contribution in [0.3, 0.4) is 0 Å². The number of H-pyrrole nitrogens is 1. The number of nitrogens with one attached hydrogen (secondary N) is 1. The molecule has 1 N–H and O–H groups in total. The van der Waals surface area contributed by atoms with Crippen LogP contribution in [-0.4, -0.2) is 43.1 Å². The first-order valence-corrected chi connectivity index (χ1v) is 9.28. The van der Waals surface area contributed by atoms with Crippen LogP contribution < -0.4 is 9.47 Å². The summed E-state index contributed by atoms with van der Waals surface area (Å²) in [5.41, 5.74) is 3.00. The van der Waals surface area contributed by atoms with Gasteiger partial charge in [0.15, 0.2) is 0 Å². The minimum Gasteiger partial charge on any atom is -0.497 e. The van der Waals surface area contributed by atoms with E-state index in [4.69, 9.17) is 9.47 Å². The van der Waals surface area contributed by atoms with Gasteiger partial charge in [-0.1, -0.05) is 12.1 Å². The highest BCUT2D eigenvalue weighted by atomic mass is 16.5. The van der Waals surface area contributed by atoms with Crippen molar-refractivity contribution in [3.05, 3.63) is 59.8 Å². The molecule has 0 atom stereocenters. The molecule has 1 amide bonds. The van der Waals surface area contributed by atoms with Gasteiger partial charge in [0.1, 0.15) is 11.5 Å². The van der Waals surface area contributed by atoms with Crippen molar-refractivity contribution in [2.24, 2.45) is 0 Å². The third-order valence-electron chi connectivity index (χ3n) is 5.41. The van der Waals surface area contributed by atoms with E-state index < -0.39 is 0 Å². The summed E-state index contributed by atoms with van der Waals surface area (Å²) in [7, 11) is 3.28. The van der Waals surface area contributed by atoms with E-state index in [0.29, 0.717) is 17.2 Å². The summed E-state index contributed by atoms with van der Waals surface area (Å²) in [6.45, 7) is 1.50. The fraction of sp³-hybridized carbons (Fsp3) is 0.318. The van der Waals surface area contributed by atoms with Crippen LogP contribution in [0, 0.1) is 0 Å². The zero-order valence-corrected chi connectivity index (χ0v) is 15.7. The Kier molecular flexibility index (Phi) is 4.75. The van der Waals surface area contributed by atoms with Crippen LogP contribution in [0.4, 0.5) is 0 Å². The predicted molar refractivity (Wildman–Crippen MR) is 106 cm³/mol. The predicted octanol–water partition coefficient (Wildman–Crippen LogP) is 4.20. The molecule has 4 rings (SSSR count). The van der Waals surface area contributed by atoms with Crippen LogP contribution in [-0.2, 0) is 0 Å². The number of benzene rings is 2. The Morgan fingerprint density at radius 1 is 1.04 bits per heavy atom. The molecular formula is C22H24N2O3. The molecule has 0 unspecified atom stereocenters. The highest BCUT2D eigenvalue weighted by Gasteiger charge is 2.26. The third kappa shape index (κ3) is 3.37. The lowest BCUT2D eigenvalue weighted by Crippen LogP contribution is -2.38. The van der Waals surface area contributed by atoms with Gasteiger partial charge >= 0.3 is 0 Å². The number of fused-ring (bicyclic) bond motifs is 1. The molecule has 1 saturated heterocycles. The number of likely N-dealkylation sites (tertiary alicyclic amines) is 1. The number of hydrogen-bond donors (Lipinski definition) is 1. The van der Waals surface area contributed by atoms with E-state index >= 15 is 0 Å². The summed E-state index contributed by atoms with van der Waals surface area (Å²) >= 11 is 0. The largest absolute Gasteiger partial charge is 0.497 e. The number of nitrogens with zero attached hydrogens (tertiary/aromatic N) is 1. The van der Waals surface area contributed by atoms with Crippen molar-refractivity contribution in [1.82, 2.24) is 9.88 Å². The number of ether oxygens (including phenoxy) is 2. The standard InChI is InChI=1S/C22H24N2O3/c1-26-17-7-8-19-16(13-17)14-20(23-19)15-9-11-24(12-10-15)22(25)18-5-3-4-6-21(18)27-2/h3-8,13-15,23H,9-12H2,1-2H3. The quantitative estimate of drug-likeness (QED) is 0.755. The third-order valence-corrected chi connectivity index (χ3v) is 5.41. The summed E-state index contributed by atoms with van der Waals surface area (Å²) in [5, 5.41) is 1.16. The van der Waals surface area contributed by atoms with E-state index in [9.17, 15) is 4.79 Å². The zero-order valence-electron chi connectivity index (χ0n) is 15.7. The molecule has 1 aromatic heterocycles. The maximum Gasteiger partial charge on any atom is 0.257 e. The molecule has 0 saturated carbocycles. The van der Waals surface area contributed by atoms with Gasteiger partial charge < -0.3 is 19.4 Å². The van der Waals surface area contributed by atoms with Crippen molar-refractivity contribution in [2.75, 3.05) is 27.3 Å². The average Bonchev–Trinajstić information content (AvgIpc) is 3.16. The van der Waals surface area contributed by atoms with Crippen molar-refractivity contribution in [3.63, 3.8) is 0 Å². The first-order chi connectivity index (χ1) is 13.2. The highest BCUT2D eigenvalue weighted by Crippen LogP contribution is 2.32. The van der Waals surface area contributed by atoms with Gasteiger partial charge in [0.2, 0.25) is 0 Å². The summed E-state index contributed by atoms with van der Waals surface area (Å²) < 4.78 is 10.6. The monoisotopic (exact) mass is 364 g/mol. The minimum atomic E-state index is 0.0484. The normalized spacial score (nSPS) is 15.1. The van der Waals surface area contributed by atoms with E-state index in [-0.39, 0.29) is 5.91 Å². The maximum atomic E-state index is 12.9. The van der Waals surface area contributed by atoms with E-state index in [1.54, 1.807) is 14.2 Å².